The van der Waals surface area contributed by atoms with Crippen molar-refractivity contribution in [1.82, 2.24) is 10.2 Å². The van der Waals surface area contributed by atoms with Crippen molar-refractivity contribution in [3.63, 3.8) is 0 Å². The van der Waals surface area contributed by atoms with E-state index in [1.807, 2.05) is 32.2 Å². The Labute approximate surface area is 143 Å². The average molecular weight is 333 g/mol. The molecule has 1 heterocycles. The zero-order valence-electron chi connectivity index (χ0n) is 15.1. The predicted molar refractivity (Wildman–Crippen MR) is 94.2 cm³/mol. The van der Waals surface area contributed by atoms with Gasteiger partial charge in [0, 0.05) is 13.1 Å². The quantitative estimate of drug-likeness (QED) is 0.869. The van der Waals surface area contributed by atoms with Crippen molar-refractivity contribution in [3.8, 4) is 5.75 Å². The minimum atomic E-state index is -0.171. The number of nitrogens with one attached hydrogen (secondary N) is 2. The van der Waals surface area contributed by atoms with Crippen molar-refractivity contribution in [2.24, 2.45) is 5.92 Å². The van der Waals surface area contributed by atoms with E-state index < -0.39 is 0 Å². The Morgan fingerprint density at radius 1 is 1.33 bits per heavy atom. The van der Waals surface area contributed by atoms with Crippen LogP contribution in [-0.2, 0) is 4.79 Å². The van der Waals surface area contributed by atoms with E-state index in [1.165, 1.54) is 0 Å². The third kappa shape index (κ3) is 4.40. The largest absolute Gasteiger partial charge is 0.482 e. The van der Waals surface area contributed by atoms with Crippen LogP contribution in [0.25, 0.3) is 0 Å². The van der Waals surface area contributed by atoms with Crippen molar-refractivity contribution in [2.45, 2.75) is 46.2 Å². The highest BCUT2D eigenvalue weighted by Gasteiger charge is 2.21. The summed E-state index contributed by atoms with van der Waals surface area (Å²) >= 11 is 0. The van der Waals surface area contributed by atoms with Gasteiger partial charge in [0.15, 0.2) is 6.61 Å². The fourth-order valence-electron chi connectivity index (χ4n) is 2.78. The van der Waals surface area contributed by atoms with Crippen LogP contribution in [0.15, 0.2) is 18.2 Å². The van der Waals surface area contributed by atoms with Gasteiger partial charge in [-0.2, -0.15) is 0 Å². The first-order valence-corrected chi connectivity index (χ1v) is 8.37. The van der Waals surface area contributed by atoms with Crippen LogP contribution in [-0.4, -0.2) is 36.5 Å². The number of benzene rings is 1. The molecule has 24 heavy (non-hydrogen) atoms. The van der Waals surface area contributed by atoms with Gasteiger partial charge in [-0.05, 0) is 43.9 Å². The lowest BCUT2D eigenvalue weighted by Gasteiger charge is -2.28. The van der Waals surface area contributed by atoms with E-state index in [-0.39, 0.29) is 30.6 Å². The number of amides is 3. The number of carbonyl (C=O) groups excluding carboxylic acids is 2. The molecule has 0 aromatic heterocycles. The van der Waals surface area contributed by atoms with Gasteiger partial charge in [0.25, 0.3) is 5.91 Å². The second-order valence-electron chi connectivity index (χ2n) is 6.85. The second kappa shape index (κ2) is 7.55. The number of hydrogen-bond donors (Lipinski definition) is 2. The normalized spacial score (nSPS) is 15.8. The van der Waals surface area contributed by atoms with Gasteiger partial charge in [-0.15, -0.1) is 0 Å². The number of ether oxygens (including phenoxy) is 1. The molecule has 0 fully saturated rings. The Hall–Kier alpha value is -2.24. The highest BCUT2D eigenvalue weighted by atomic mass is 16.5. The summed E-state index contributed by atoms with van der Waals surface area (Å²) in [5.74, 6) is 1.02. The number of anilines is 1. The third-order valence-electron chi connectivity index (χ3n) is 4.27. The van der Waals surface area contributed by atoms with Crippen molar-refractivity contribution in [2.75, 3.05) is 19.0 Å². The smallest absolute Gasteiger partial charge is 0.317 e. The highest BCUT2D eigenvalue weighted by Crippen LogP contribution is 2.30. The van der Waals surface area contributed by atoms with Crippen molar-refractivity contribution in [3.05, 3.63) is 23.8 Å². The van der Waals surface area contributed by atoms with E-state index in [0.29, 0.717) is 17.4 Å². The van der Waals surface area contributed by atoms with Crippen LogP contribution in [0.5, 0.6) is 5.75 Å². The molecule has 0 radical (unpaired) electrons. The number of rotatable bonds is 5. The maximum atomic E-state index is 12.4. The predicted octanol–water partition coefficient (Wildman–Crippen LogP) is 3.15. The summed E-state index contributed by atoms with van der Waals surface area (Å²) in [6.07, 6.45) is 0.959. The van der Waals surface area contributed by atoms with Crippen molar-refractivity contribution >= 4 is 17.6 Å². The molecular formula is C18H27N3O3. The third-order valence-corrected chi connectivity index (χ3v) is 4.27. The molecule has 1 aliphatic rings. The van der Waals surface area contributed by atoms with Gasteiger partial charge in [-0.3, -0.25) is 4.79 Å². The van der Waals surface area contributed by atoms with Crippen LogP contribution in [0, 0.1) is 5.92 Å². The summed E-state index contributed by atoms with van der Waals surface area (Å²) in [4.78, 5) is 25.6. The van der Waals surface area contributed by atoms with Gasteiger partial charge in [-0.25, -0.2) is 4.79 Å². The Bertz CT molecular complexity index is 616. The first kappa shape index (κ1) is 18.1. The van der Waals surface area contributed by atoms with Gasteiger partial charge in [0.2, 0.25) is 0 Å². The molecule has 3 amide bonds. The van der Waals surface area contributed by atoms with Crippen LogP contribution < -0.4 is 15.4 Å². The fraction of sp³-hybridized carbons (Fsp3) is 0.556. The molecule has 6 heteroatoms. The molecule has 0 saturated carbocycles. The van der Waals surface area contributed by atoms with E-state index in [2.05, 4.69) is 31.4 Å². The molecule has 2 rings (SSSR count). The number of hydrogen-bond acceptors (Lipinski definition) is 3. The molecule has 1 aliphatic heterocycles. The Kier molecular flexibility index (Phi) is 5.70. The Morgan fingerprint density at radius 2 is 2.04 bits per heavy atom. The summed E-state index contributed by atoms with van der Waals surface area (Å²) in [7, 11) is 1.82. The first-order valence-electron chi connectivity index (χ1n) is 8.37. The van der Waals surface area contributed by atoms with Crippen molar-refractivity contribution < 1.29 is 14.3 Å². The lowest BCUT2D eigenvalue weighted by Crippen LogP contribution is -2.43. The van der Waals surface area contributed by atoms with E-state index >= 15 is 0 Å². The monoisotopic (exact) mass is 333 g/mol. The number of carbonyl (C=O) groups is 2. The van der Waals surface area contributed by atoms with Crippen LogP contribution in [0.2, 0.25) is 0 Å². The lowest BCUT2D eigenvalue weighted by molar-refractivity contribution is -0.118. The van der Waals surface area contributed by atoms with Gasteiger partial charge in [0.1, 0.15) is 5.75 Å². The first-order chi connectivity index (χ1) is 11.3. The van der Waals surface area contributed by atoms with E-state index in [0.717, 1.165) is 12.0 Å². The molecular weight excluding hydrogens is 306 g/mol. The van der Waals surface area contributed by atoms with Gasteiger partial charge < -0.3 is 20.3 Å². The molecule has 6 nitrogen and oxygen atoms in total. The summed E-state index contributed by atoms with van der Waals surface area (Å²) in [5, 5.41) is 5.79. The molecule has 2 atom stereocenters. The van der Waals surface area contributed by atoms with E-state index in [4.69, 9.17) is 4.74 Å². The standard InChI is InChI=1S/C18H27N3O3/c1-11(2)8-12(3)21(5)18(23)19-13(4)14-6-7-16-15(9-14)20-17(22)10-24-16/h6-7,9,11-13H,8,10H2,1-5H3,(H,19,23)(H,20,22)/t12-,13+/m1/s1. The van der Waals surface area contributed by atoms with Gasteiger partial charge in [0.05, 0.1) is 11.7 Å². The average Bonchev–Trinajstić information content (AvgIpc) is 2.52. The van der Waals surface area contributed by atoms with Crippen LogP contribution >= 0.6 is 0 Å². The Balaban J connectivity index is 2.01. The molecule has 0 aliphatic carbocycles. The van der Waals surface area contributed by atoms with E-state index in [9.17, 15) is 9.59 Å². The van der Waals surface area contributed by atoms with Gasteiger partial charge >= 0.3 is 6.03 Å². The number of nitrogens with zero attached hydrogens (tertiary/aromatic N) is 1. The molecule has 0 saturated heterocycles. The minimum absolute atomic E-state index is 0.0389. The lowest BCUT2D eigenvalue weighted by atomic mass is 10.0. The summed E-state index contributed by atoms with van der Waals surface area (Å²) < 4.78 is 5.35. The van der Waals surface area contributed by atoms with E-state index in [1.54, 1.807) is 4.90 Å². The zero-order valence-corrected chi connectivity index (χ0v) is 15.1. The minimum Gasteiger partial charge on any atom is -0.482 e. The number of urea groups is 1. The topological polar surface area (TPSA) is 70.7 Å². The molecule has 0 bridgehead atoms. The maximum Gasteiger partial charge on any atom is 0.317 e. The molecule has 0 spiro atoms. The fourth-order valence-corrected chi connectivity index (χ4v) is 2.78. The SMILES string of the molecule is CC(C)C[C@@H](C)N(C)C(=O)N[C@@H](C)c1ccc2c(c1)NC(=O)CO2. The Morgan fingerprint density at radius 3 is 2.71 bits per heavy atom. The van der Waals surface area contributed by atoms with Crippen molar-refractivity contribution in [1.29, 1.82) is 0 Å². The molecule has 0 unspecified atom stereocenters. The van der Waals surface area contributed by atoms with Crippen LogP contribution in [0.1, 0.15) is 45.7 Å². The van der Waals surface area contributed by atoms with Crippen LogP contribution in [0.3, 0.4) is 0 Å². The van der Waals surface area contributed by atoms with Gasteiger partial charge in [-0.1, -0.05) is 19.9 Å². The maximum absolute atomic E-state index is 12.4. The summed E-state index contributed by atoms with van der Waals surface area (Å²) in [6, 6.07) is 5.46. The molecule has 1 aromatic carbocycles. The highest BCUT2D eigenvalue weighted by molar-refractivity contribution is 5.95. The summed E-state index contributed by atoms with van der Waals surface area (Å²) in [5.41, 5.74) is 1.56. The number of fused-ring (bicyclic) bond motifs is 1. The molecule has 132 valence electrons. The zero-order chi connectivity index (χ0) is 17.9. The molecule has 1 aromatic rings. The summed E-state index contributed by atoms with van der Waals surface area (Å²) in [6.45, 7) is 8.31. The molecule has 2 N–H and O–H groups in total. The second-order valence-corrected chi connectivity index (χ2v) is 6.85. The van der Waals surface area contributed by atoms with Crippen LogP contribution in [0.4, 0.5) is 10.5 Å².